The molecule has 1 aromatic carbocycles. The first-order chi connectivity index (χ1) is 10.7. The van der Waals surface area contributed by atoms with E-state index in [0.29, 0.717) is 24.4 Å². The number of hydrogen-bond acceptors (Lipinski definition) is 6. The van der Waals surface area contributed by atoms with Gasteiger partial charge in [-0.3, -0.25) is 10.2 Å². The first-order valence-electron chi connectivity index (χ1n) is 6.76. The maximum atomic E-state index is 11.7. The van der Waals surface area contributed by atoms with Crippen molar-refractivity contribution in [3.8, 4) is 17.9 Å². The molecule has 22 heavy (non-hydrogen) atoms. The van der Waals surface area contributed by atoms with Crippen LogP contribution in [0.5, 0.6) is 5.75 Å². The van der Waals surface area contributed by atoms with Gasteiger partial charge in [-0.05, 0) is 24.6 Å². The van der Waals surface area contributed by atoms with Crippen LogP contribution in [0.4, 0.5) is 5.69 Å². The van der Waals surface area contributed by atoms with Crippen LogP contribution in [0.1, 0.15) is 18.4 Å². The Morgan fingerprint density at radius 3 is 2.82 bits per heavy atom. The van der Waals surface area contributed by atoms with Crippen molar-refractivity contribution < 1.29 is 9.53 Å². The number of nitriles is 2. The van der Waals surface area contributed by atoms with E-state index in [2.05, 4.69) is 10.5 Å². The van der Waals surface area contributed by atoms with E-state index < -0.39 is 0 Å². The molecule has 0 atom stereocenters. The number of benzene rings is 1. The molecule has 7 heteroatoms. The summed E-state index contributed by atoms with van der Waals surface area (Å²) in [6.45, 7) is 1.20. The van der Waals surface area contributed by atoms with Crippen LogP contribution in [0.2, 0.25) is 0 Å². The van der Waals surface area contributed by atoms with Crippen molar-refractivity contribution >= 4 is 17.3 Å². The second-order valence-corrected chi connectivity index (χ2v) is 4.74. The van der Waals surface area contributed by atoms with Gasteiger partial charge in [-0.15, -0.1) is 0 Å². The predicted octanol–water partition coefficient (Wildman–Crippen LogP) is 1.63. The zero-order chi connectivity index (χ0) is 15.9. The highest BCUT2D eigenvalue weighted by Crippen LogP contribution is 2.25. The Balaban J connectivity index is 2.19. The Labute approximate surface area is 128 Å². The highest BCUT2D eigenvalue weighted by molar-refractivity contribution is 6.10. The largest absolute Gasteiger partial charge is 0.496 e. The van der Waals surface area contributed by atoms with Crippen molar-refractivity contribution in [3.05, 3.63) is 23.8 Å². The van der Waals surface area contributed by atoms with Crippen molar-refractivity contribution in [3.63, 3.8) is 0 Å². The molecule has 0 aliphatic carbocycles. The lowest BCUT2D eigenvalue weighted by molar-refractivity contribution is -0.128. The van der Waals surface area contributed by atoms with Gasteiger partial charge < -0.3 is 9.64 Å². The van der Waals surface area contributed by atoms with Gasteiger partial charge in [0.1, 0.15) is 17.9 Å². The number of amides is 1. The van der Waals surface area contributed by atoms with E-state index in [-0.39, 0.29) is 11.6 Å². The van der Waals surface area contributed by atoms with Gasteiger partial charge in [-0.25, -0.2) is 0 Å². The van der Waals surface area contributed by atoms with Crippen LogP contribution in [-0.2, 0) is 11.3 Å². The third-order valence-electron chi connectivity index (χ3n) is 3.32. The van der Waals surface area contributed by atoms with E-state index in [1.807, 2.05) is 0 Å². The van der Waals surface area contributed by atoms with Crippen molar-refractivity contribution in [2.24, 2.45) is 5.10 Å². The first-order valence-corrected chi connectivity index (χ1v) is 6.76. The first kappa shape index (κ1) is 15.3. The van der Waals surface area contributed by atoms with E-state index in [0.717, 1.165) is 18.5 Å². The van der Waals surface area contributed by atoms with Crippen LogP contribution in [0.3, 0.4) is 0 Å². The van der Waals surface area contributed by atoms with Crippen LogP contribution in [0.15, 0.2) is 23.3 Å². The van der Waals surface area contributed by atoms with E-state index in [1.54, 1.807) is 42.3 Å². The fraction of sp³-hybridized carbons (Fsp3) is 0.333. The lowest BCUT2D eigenvalue weighted by atomic mass is 10.1. The Kier molecular flexibility index (Phi) is 4.94. The number of likely N-dealkylation sites (tertiary alicyclic amines) is 1. The van der Waals surface area contributed by atoms with E-state index in [4.69, 9.17) is 15.3 Å². The van der Waals surface area contributed by atoms with E-state index in [9.17, 15) is 4.79 Å². The number of anilines is 1. The van der Waals surface area contributed by atoms with Crippen LogP contribution in [0.25, 0.3) is 0 Å². The molecule has 1 aliphatic heterocycles. The highest BCUT2D eigenvalue weighted by atomic mass is 16.5. The van der Waals surface area contributed by atoms with Gasteiger partial charge in [0.15, 0.2) is 0 Å². The molecule has 1 N–H and O–H groups in total. The number of carbonyl (C=O) groups excluding carboxylic acids is 1. The third-order valence-corrected chi connectivity index (χ3v) is 3.32. The molecule has 0 saturated carbocycles. The zero-order valence-corrected chi connectivity index (χ0v) is 12.2. The van der Waals surface area contributed by atoms with Gasteiger partial charge in [-0.1, -0.05) is 0 Å². The molecule has 0 aromatic heterocycles. The van der Waals surface area contributed by atoms with Gasteiger partial charge in [0, 0.05) is 25.1 Å². The second kappa shape index (κ2) is 7.09. The summed E-state index contributed by atoms with van der Waals surface area (Å²) in [5.41, 5.74) is 3.86. The molecule has 0 spiro atoms. The minimum Gasteiger partial charge on any atom is -0.496 e. The molecule has 112 valence electrons. The molecule has 7 nitrogen and oxygen atoms in total. The van der Waals surface area contributed by atoms with Crippen molar-refractivity contribution in [1.29, 1.82) is 10.5 Å². The summed E-state index contributed by atoms with van der Waals surface area (Å²) in [6.07, 6.45) is 1.45. The van der Waals surface area contributed by atoms with Crippen LogP contribution >= 0.6 is 0 Å². The lowest BCUT2D eigenvalue weighted by Gasteiger charge is -2.18. The molecule has 2 rings (SSSR count). The Bertz CT molecular complexity index is 668. The number of ether oxygens (including phenoxy) is 1. The monoisotopic (exact) mass is 297 g/mol. The summed E-state index contributed by atoms with van der Waals surface area (Å²) in [5.74, 6) is 0.810. The summed E-state index contributed by atoms with van der Waals surface area (Å²) < 4.78 is 5.31. The molecule has 1 fully saturated rings. The Hall–Kier alpha value is -3.06. The average Bonchev–Trinajstić information content (AvgIpc) is 2.94. The van der Waals surface area contributed by atoms with Gasteiger partial charge in [0.05, 0.1) is 12.8 Å². The van der Waals surface area contributed by atoms with Gasteiger partial charge in [0.2, 0.25) is 11.6 Å². The average molecular weight is 297 g/mol. The highest BCUT2D eigenvalue weighted by Gasteiger charge is 2.21. The van der Waals surface area contributed by atoms with Crippen LogP contribution in [0, 0.1) is 22.7 Å². The third kappa shape index (κ3) is 3.53. The summed E-state index contributed by atoms with van der Waals surface area (Å²) in [6, 6.07) is 8.62. The number of hydrogen-bond donors (Lipinski definition) is 1. The maximum Gasteiger partial charge on any atom is 0.237 e. The predicted molar refractivity (Wildman–Crippen MR) is 79.9 cm³/mol. The van der Waals surface area contributed by atoms with Crippen LogP contribution in [-0.4, -0.2) is 30.2 Å². The molecule has 1 aromatic rings. The quantitative estimate of drug-likeness (QED) is 0.657. The van der Waals surface area contributed by atoms with E-state index in [1.165, 1.54) is 0 Å². The Morgan fingerprint density at radius 2 is 2.23 bits per heavy atom. The minimum atomic E-state index is -0.257. The second-order valence-electron chi connectivity index (χ2n) is 4.74. The molecule has 0 unspecified atom stereocenters. The lowest BCUT2D eigenvalue weighted by Crippen LogP contribution is -2.24. The molecule has 0 bridgehead atoms. The number of rotatable bonds is 5. The van der Waals surface area contributed by atoms with E-state index >= 15 is 0 Å². The van der Waals surface area contributed by atoms with Gasteiger partial charge >= 0.3 is 0 Å². The zero-order valence-electron chi connectivity index (χ0n) is 12.2. The number of nitrogens with one attached hydrogen (secondary N) is 1. The summed E-state index contributed by atoms with van der Waals surface area (Å²) in [4.78, 5) is 13.5. The topological polar surface area (TPSA) is 102 Å². The van der Waals surface area contributed by atoms with Crippen molar-refractivity contribution in [2.75, 3.05) is 19.1 Å². The minimum absolute atomic E-state index is 0.134. The normalized spacial score (nSPS) is 13.2. The number of nitrogens with zero attached hydrogens (tertiary/aromatic N) is 4. The molecule has 1 saturated heterocycles. The number of methoxy groups -OCH3 is 1. The smallest absolute Gasteiger partial charge is 0.237 e. The number of carbonyl (C=O) groups is 1. The van der Waals surface area contributed by atoms with Crippen molar-refractivity contribution in [1.82, 2.24) is 4.90 Å². The fourth-order valence-corrected chi connectivity index (χ4v) is 2.24. The summed E-state index contributed by atoms with van der Waals surface area (Å²) >= 11 is 0. The molecule has 0 radical (unpaired) electrons. The van der Waals surface area contributed by atoms with Gasteiger partial charge in [-0.2, -0.15) is 15.6 Å². The van der Waals surface area contributed by atoms with Crippen molar-refractivity contribution in [2.45, 2.75) is 19.4 Å². The summed E-state index contributed by atoms with van der Waals surface area (Å²) in [7, 11) is 1.57. The Morgan fingerprint density at radius 1 is 1.45 bits per heavy atom. The molecule has 1 heterocycles. The van der Waals surface area contributed by atoms with Crippen LogP contribution < -0.4 is 10.2 Å². The number of hydrazone groups is 1. The fourth-order valence-electron chi connectivity index (χ4n) is 2.24. The SMILES string of the molecule is COc1ccc(NN=C(C#N)C#N)cc1CN1CCCC1=O. The molecular weight excluding hydrogens is 282 g/mol. The molecule has 1 amide bonds. The van der Waals surface area contributed by atoms with Gasteiger partial charge in [0.25, 0.3) is 0 Å². The molecule has 1 aliphatic rings. The molecular formula is C15H15N5O2. The maximum absolute atomic E-state index is 11.7. The standard InChI is InChI=1S/C15H15N5O2/c1-22-14-5-4-12(18-19-13(8-16)9-17)7-11(14)10-20-6-2-3-15(20)21/h4-5,7,18H,2-3,6,10H2,1H3. The summed E-state index contributed by atoms with van der Waals surface area (Å²) in [5, 5.41) is 21.0.